The summed E-state index contributed by atoms with van der Waals surface area (Å²) in [4.78, 5) is 13.8. The first-order chi connectivity index (χ1) is 8.58. The van der Waals surface area contributed by atoms with Crippen molar-refractivity contribution in [2.45, 2.75) is 46.8 Å². The lowest BCUT2D eigenvalue weighted by Gasteiger charge is -2.22. The van der Waals surface area contributed by atoms with E-state index in [1.807, 2.05) is 18.7 Å². The van der Waals surface area contributed by atoms with Crippen LogP contribution in [-0.2, 0) is 14.3 Å². The molecule has 0 spiro atoms. The van der Waals surface area contributed by atoms with Crippen LogP contribution in [0.4, 0.5) is 0 Å². The van der Waals surface area contributed by atoms with Gasteiger partial charge in [-0.05, 0) is 25.7 Å². The fourth-order valence-corrected chi connectivity index (χ4v) is 2.31. The van der Waals surface area contributed by atoms with Crippen LogP contribution < -0.4 is 0 Å². The molecule has 1 rings (SSSR count). The molecule has 1 fully saturated rings. The first kappa shape index (κ1) is 15.4. The Hall–Kier alpha value is -0.610. The molecule has 1 heterocycles. The molecule has 0 radical (unpaired) electrons. The lowest BCUT2D eigenvalue weighted by Crippen LogP contribution is -2.31. The molecule has 1 aliphatic heterocycles. The second kappa shape index (κ2) is 7.74. The molecule has 106 valence electrons. The normalized spacial score (nSPS) is 20.4. The Bertz CT molecular complexity index is 249. The van der Waals surface area contributed by atoms with Gasteiger partial charge in [0, 0.05) is 39.1 Å². The summed E-state index contributed by atoms with van der Waals surface area (Å²) in [6.45, 7) is 11.2. The van der Waals surface area contributed by atoms with E-state index in [-0.39, 0.29) is 12.2 Å². The van der Waals surface area contributed by atoms with Crippen molar-refractivity contribution in [3.05, 3.63) is 0 Å². The largest absolute Gasteiger partial charge is 0.353 e. The SMILES string of the molecule is CCOC(CCN1CC(C(C)C)CC1=O)OCC. The number of likely N-dealkylation sites (tertiary alicyclic amines) is 1. The van der Waals surface area contributed by atoms with Gasteiger partial charge in [-0.3, -0.25) is 4.79 Å². The summed E-state index contributed by atoms with van der Waals surface area (Å²) in [5.41, 5.74) is 0. The summed E-state index contributed by atoms with van der Waals surface area (Å²) in [5.74, 6) is 1.36. The Labute approximate surface area is 111 Å². The molecule has 0 aromatic heterocycles. The van der Waals surface area contributed by atoms with Crippen molar-refractivity contribution in [3.63, 3.8) is 0 Å². The van der Waals surface area contributed by atoms with E-state index in [1.54, 1.807) is 0 Å². The van der Waals surface area contributed by atoms with Gasteiger partial charge in [0.2, 0.25) is 5.91 Å². The third kappa shape index (κ3) is 4.58. The molecule has 1 saturated heterocycles. The molecule has 0 aromatic carbocycles. The number of amides is 1. The molecular formula is C14H27NO3. The average Bonchev–Trinajstić information content (AvgIpc) is 2.68. The van der Waals surface area contributed by atoms with E-state index >= 15 is 0 Å². The van der Waals surface area contributed by atoms with Crippen LogP contribution in [0.15, 0.2) is 0 Å². The molecule has 1 unspecified atom stereocenters. The standard InChI is InChI=1S/C14H27NO3/c1-5-17-14(18-6-2)7-8-15-10-12(11(3)4)9-13(15)16/h11-12,14H,5-10H2,1-4H3. The van der Waals surface area contributed by atoms with E-state index in [1.165, 1.54) is 0 Å². The van der Waals surface area contributed by atoms with Crippen LogP contribution in [0, 0.1) is 11.8 Å². The number of ether oxygens (including phenoxy) is 2. The molecule has 4 heteroatoms. The zero-order valence-electron chi connectivity index (χ0n) is 12.1. The third-order valence-electron chi connectivity index (χ3n) is 3.53. The van der Waals surface area contributed by atoms with E-state index in [2.05, 4.69) is 13.8 Å². The van der Waals surface area contributed by atoms with Crippen LogP contribution >= 0.6 is 0 Å². The average molecular weight is 257 g/mol. The predicted octanol–water partition coefficient (Wildman–Crippen LogP) is 2.28. The van der Waals surface area contributed by atoms with Crippen molar-refractivity contribution in [1.29, 1.82) is 0 Å². The molecule has 4 nitrogen and oxygen atoms in total. The number of carbonyl (C=O) groups is 1. The van der Waals surface area contributed by atoms with Crippen molar-refractivity contribution < 1.29 is 14.3 Å². The monoisotopic (exact) mass is 257 g/mol. The smallest absolute Gasteiger partial charge is 0.222 e. The summed E-state index contributed by atoms with van der Waals surface area (Å²) in [6.07, 6.45) is 1.29. The van der Waals surface area contributed by atoms with E-state index in [9.17, 15) is 4.79 Å². The fourth-order valence-electron chi connectivity index (χ4n) is 2.31. The Kier molecular flexibility index (Phi) is 6.65. The minimum atomic E-state index is -0.175. The second-order valence-electron chi connectivity index (χ2n) is 5.18. The van der Waals surface area contributed by atoms with Gasteiger partial charge in [0.25, 0.3) is 0 Å². The lowest BCUT2D eigenvalue weighted by atomic mass is 9.95. The minimum Gasteiger partial charge on any atom is -0.353 e. The van der Waals surface area contributed by atoms with Gasteiger partial charge in [0.05, 0.1) is 0 Å². The molecule has 0 bridgehead atoms. The number of hydrogen-bond acceptors (Lipinski definition) is 3. The zero-order chi connectivity index (χ0) is 13.5. The Morgan fingerprint density at radius 1 is 1.28 bits per heavy atom. The maximum atomic E-state index is 11.9. The van der Waals surface area contributed by atoms with Gasteiger partial charge in [-0.2, -0.15) is 0 Å². The van der Waals surface area contributed by atoms with Gasteiger partial charge in [-0.15, -0.1) is 0 Å². The summed E-state index contributed by atoms with van der Waals surface area (Å²) >= 11 is 0. The van der Waals surface area contributed by atoms with Crippen LogP contribution in [0.3, 0.4) is 0 Å². The zero-order valence-corrected chi connectivity index (χ0v) is 12.1. The minimum absolute atomic E-state index is 0.175. The van der Waals surface area contributed by atoms with Crippen molar-refractivity contribution in [2.75, 3.05) is 26.3 Å². The summed E-state index contributed by atoms with van der Waals surface area (Å²) in [6, 6.07) is 0. The van der Waals surface area contributed by atoms with Crippen LogP contribution in [-0.4, -0.2) is 43.4 Å². The van der Waals surface area contributed by atoms with Gasteiger partial charge in [0.1, 0.15) is 0 Å². The molecule has 0 aliphatic carbocycles. The molecule has 0 saturated carbocycles. The van der Waals surface area contributed by atoms with Gasteiger partial charge in [-0.25, -0.2) is 0 Å². The summed E-state index contributed by atoms with van der Waals surface area (Å²) < 4.78 is 11.0. The molecule has 1 atom stereocenters. The van der Waals surface area contributed by atoms with Gasteiger partial charge in [0.15, 0.2) is 6.29 Å². The third-order valence-corrected chi connectivity index (χ3v) is 3.53. The predicted molar refractivity (Wildman–Crippen MR) is 71.2 cm³/mol. The maximum Gasteiger partial charge on any atom is 0.222 e. The van der Waals surface area contributed by atoms with Crippen LogP contribution in [0.5, 0.6) is 0 Å². The quantitative estimate of drug-likeness (QED) is 0.626. The number of carbonyl (C=O) groups excluding carboxylic acids is 1. The van der Waals surface area contributed by atoms with E-state index in [4.69, 9.17) is 9.47 Å². The first-order valence-corrected chi connectivity index (χ1v) is 7.09. The molecule has 0 N–H and O–H groups in total. The first-order valence-electron chi connectivity index (χ1n) is 7.09. The van der Waals surface area contributed by atoms with E-state index in [0.717, 1.165) is 19.5 Å². The van der Waals surface area contributed by atoms with Crippen molar-refractivity contribution in [2.24, 2.45) is 11.8 Å². The molecule has 18 heavy (non-hydrogen) atoms. The number of rotatable bonds is 8. The second-order valence-corrected chi connectivity index (χ2v) is 5.18. The molecule has 0 aromatic rings. The highest BCUT2D eigenvalue weighted by Crippen LogP contribution is 2.25. The van der Waals surface area contributed by atoms with E-state index < -0.39 is 0 Å². The Morgan fingerprint density at radius 3 is 2.33 bits per heavy atom. The van der Waals surface area contributed by atoms with Gasteiger partial charge in [-0.1, -0.05) is 13.8 Å². The lowest BCUT2D eigenvalue weighted by molar-refractivity contribution is -0.144. The van der Waals surface area contributed by atoms with Crippen molar-refractivity contribution in [3.8, 4) is 0 Å². The topological polar surface area (TPSA) is 38.8 Å². The highest BCUT2D eigenvalue weighted by molar-refractivity contribution is 5.78. The van der Waals surface area contributed by atoms with Crippen LogP contribution in [0.25, 0.3) is 0 Å². The van der Waals surface area contributed by atoms with Crippen LogP contribution in [0.1, 0.15) is 40.5 Å². The maximum absolute atomic E-state index is 11.9. The number of hydrogen-bond donors (Lipinski definition) is 0. The highest BCUT2D eigenvalue weighted by atomic mass is 16.7. The van der Waals surface area contributed by atoms with Crippen LogP contribution in [0.2, 0.25) is 0 Å². The van der Waals surface area contributed by atoms with Gasteiger partial charge < -0.3 is 14.4 Å². The van der Waals surface area contributed by atoms with Gasteiger partial charge >= 0.3 is 0 Å². The summed E-state index contributed by atoms with van der Waals surface area (Å²) in [7, 11) is 0. The number of nitrogens with zero attached hydrogens (tertiary/aromatic N) is 1. The molecular weight excluding hydrogens is 230 g/mol. The summed E-state index contributed by atoms with van der Waals surface area (Å²) in [5, 5.41) is 0. The highest BCUT2D eigenvalue weighted by Gasteiger charge is 2.31. The fraction of sp³-hybridized carbons (Fsp3) is 0.929. The van der Waals surface area contributed by atoms with Crippen molar-refractivity contribution >= 4 is 5.91 Å². The van der Waals surface area contributed by atoms with Crippen molar-refractivity contribution in [1.82, 2.24) is 4.90 Å². The molecule has 1 aliphatic rings. The Balaban J connectivity index is 2.35. The Morgan fingerprint density at radius 2 is 1.89 bits per heavy atom. The molecule has 1 amide bonds. The van der Waals surface area contributed by atoms with E-state index in [0.29, 0.717) is 31.5 Å².